The van der Waals surface area contributed by atoms with Crippen LogP contribution in [0, 0.1) is 0 Å². The number of hydrogen-bond donors (Lipinski definition) is 3. The van der Waals surface area contributed by atoms with E-state index in [4.69, 9.17) is 5.73 Å². The van der Waals surface area contributed by atoms with Crippen molar-refractivity contribution in [3.05, 3.63) is 28.9 Å². The molecule has 0 saturated carbocycles. The standard InChI is InChI=1S/C12H16N4OS/c1-3-10(17)12-9(13)4-11(18-12)16-7(2)8-5-14-15-6-8/h4-7,16H,3,13H2,1-2H3,(H,14,15). The molecule has 0 fully saturated rings. The number of nitrogens with two attached hydrogens (primary N) is 1. The van der Waals surface area contributed by atoms with E-state index in [1.54, 1.807) is 6.20 Å². The van der Waals surface area contributed by atoms with E-state index in [0.29, 0.717) is 17.0 Å². The maximum Gasteiger partial charge on any atom is 0.174 e. The highest BCUT2D eigenvalue weighted by atomic mass is 32.1. The molecule has 0 aliphatic rings. The Morgan fingerprint density at radius 2 is 2.44 bits per heavy atom. The summed E-state index contributed by atoms with van der Waals surface area (Å²) >= 11 is 1.40. The predicted molar refractivity (Wildman–Crippen MR) is 74.0 cm³/mol. The number of nitrogen functional groups attached to an aromatic ring is 1. The number of aromatic amines is 1. The van der Waals surface area contributed by atoms with Crippen molar-refractivity contribution in [2.24, 2.45) is 0 Å². The average molecular weight is 264 g/mol. The number of carbonyl (C=O) groups excluding carboxylic acids is 1. The smallest absolute Gasteiger partial charge is 0.174 e. The van der Waals surface area contributed by atoms with Crippen LogP contribution in [0.4, 0.5) is 10.7 Å². The van der Waals surface area contributed by atoms with Crippen LogP contribution in [0.5, 0.6) is 0 Å². The Hall–Kier alpha value is -1.82. The first-order valence-electron chi connectivity index (χ1n) is 5.79. The minimum absolute atomic E-state index is 0.0847. The molecule has 0 aromatic carbocycles. The number of carbonyl (C=O) groups is 1. The highest BCUT2D eigenvalue weighted by Gasteiger charge is 2.14. The van der Waals surface area contributed by atoms with Crippen LogP contribution in [0.3, 0.4) is 0 Å². The summed E-state index contributed by atoms with van der Waals surface area (Å²) in [4.78, 5) is 12.3. The molecule has 0 aliphatic carbocycles. The summed E-state index contributed by atoms with van der Waals surface area (Å²) in [5, 5.41) is 10.9. The zero-order valence-corrected chi connectivity index (χ0v) is 11.2. The average Bonchev–Trinajstić information content (AvgIpc) is 2.97. The summed E-state index contributed by atoms with van der Waals surface area (Å²) in [5.74, 6) is 0.0847. The third-order valence-corrected chi connectivity index (χ3v) is 3.84. The molecule has 2 heterocycles. The van der Waals surface area contributed by atoms with Crippen LogP contribution in [0.15, 0.2) is 18.5 Å². The van der Waals surface area contributed by atoms with Gasteiger partial charge in [0, 0.05) is 18.2 Å². The molecule has 0 aliphatic heterocycles. The molecule has 0 radical (unpaired) electrons. The second-order valence-corrected chi connectivity index (χ2v) is 5.12. The third-order valence-electron chi connectivity index (χ3n) is 2.71. The molecule has 2 aromatic rings. The van der Waals surface area contributed by atoms with E-state index >= 15 is 0 Å². The molecule has 1 atom stereocenters. The minimum Gasteiger partial charge on any atom is -0.397 e. The van der Waals surface area contributed by atoms with Gasteiger partial charge in [-0.1, -0.05) is 6.92 Å². The molecule has 96 valence electrons. The molecule has 6 heteroatoms. The number of ketones is 1. The van der Waals surface area contributed by atoms with Crippen molar-refractivity contribution >= 4 is 27.8 Å². The van der Waals surface area contributed by atoms with Gasteiger partial charge in [0.1, 0.15) is 0 Å². The van der Waals surface area contributed by atoms with E-state index in [0.717, 1.165) is 10.6 Å². The summed E-state index contributed by atoms with van der Waals surface area (Å²) in [7, 11) is 0. The lowest BCUT2D eigenvalue weighted by Crippen LogP contribution is -2.03. The predicted octanol–water partition coefficient (Wildman–Crippen LogP) is 2.82. The lowest BCUT2D eigenvalue weighted by molar-refractivity contribution is 0.0993. The Balaban J connectivity index is 2.13. The first-order valence-corrected chi connectivity index (χ1v) is 6.61. The number of Topliss-reactive ketones (excluding diaryl/α,β-unsaturated/α-hetero) is 1. The molecule has 5 nitrogen and oxygen atoms in total. The second-order valence-electron chi connectivity index (χ2n) is 4.07. The summed E-state index contributed by atoms with van der Waals surface area (Å²) in [6.45, 7) is 3.87. The lowest BCUT2D eigenvalue weighted by Gasteiger charge is -2.10. The maximum atomic E-state index is 11.6. The number of H-pyrrole nitrogens is 1. The molecule has 4 N–H and O–H groups in total. The van der Waals surface area contributed by atoms with Crippen LogP contribution < -0.4 is 11.1 Å². The van der Waals surface area contributed by atoms with Gasteiger partial charge >= 0.3 is 0 Å². The Morgan fingerprint density at radius 3 is 3.06 bits per heavy atom. The zero-order valence-electron chi connectivity index (χ0n) is 10.4. The van der Waals surface area contributed by atoms with Crippen molar-refractivity contribution in [3.8, 4) is 0 Å². The summed E-state index contributed by atoms with van der Waals surface area (Å²) in [6.07, 6.45) is 4.08. The summed E-state index contributed by atoms with van der Waals surface area (Å²) < 4.78 is 0. The Kier molecular flexibility index (Phi) is 3.66. The van der Waals surface area contributed by atoms with Gasteiger partial charge in [-0.3, -0.25) is 9.89 Å². The molecular weight excluding hydrogens is 248 g/mol. The van der Waals surface area contributed by atoms with Crippen LogP contribution in [0.2, 0.25) is 0 Å². The monoisotopic (exact) mass is 264 g/mol. The van der Waals surface area contributed by atoms with Gasteiger partial charge in [-0.2, -0.15) is 5.10 Å². The molecule has 2 rings (SSSR count). The fraction of sp³-hybridized carbons (Fsp3) is 0.333. The Morgan fingerprint density at radius 1 is 1.67 bits per heavy atom. The van der Waals surface area contributed by atoms with Gasteiger partial charge in [-0.15, -0.1) is 11.3 Å². The van der Waals surface area contributed by atoms with Gasteiger partial charge in [-0.05, 0) is 13.0 Å². The Bertz CT molecular complexity index is 532. The highest BCUT2D eigenvalue weighted by molar-refractivity contribution is 7.18. The van der Waals surface area contributed by atoms with E-state index in [1.807, 2.05) is 26.1 Å². The van der Waals surface area contributed by atoms with Crippen molar-refractivity contribution in [2.45, 2.75) is 26.3 Å². The number of thiophene rings is 1. The molecule has 0 spiro atoms. The van der Waals surface area contributed by atoms with Crippen molar-refractivity contribution in [1.82, 2.24) is 10.2 Å². The number of aromatic nitrogens is 2. The fourth-order valence-corrected chi connectivity index (χ4v) is 2.73. The van der Waals surface area contributed by atoms with E-state index in [2.05, 4.69) is 15.5 Å². The maximum absolute atomic E-state index is 11.6. The topological polar surface area (TPSA) is 83.8 Å². The van der Waals surface area contributed by atoms with Gasteiger partial charge < -0.3 is 11.1 Å². The number of nitrogens with zero attached hydrogens (tertiary/aromatic N) is 1. The first kappa shape index (κ1) is 12.6. The molecule has 0 saturated heterocycles. The van der Waals surface area contributed by atoms with Gasteiger partial charge in [-0.25, -0.2) is 0 Å². The van der Waals surface area contributed by atoms with Gasteiger partial charge in [0.15, 0.2) is 5.78 Å². The zero-order chi connectivity index (χ0) is 13.1. The first-order chi connectivity index (χ1) is 8.61. The largest absolute Gasteiger partial charge is 0.397 e. The Labute approximate surface area is 109 Å². The van der Waals surface area contributed by atoms with E-state index in [-0.39, 0.29) is 11.8 Å². The van der Waals surface area contributed by atoms with Crippen LogP contribution in [-0.2, 0) is 0 Å². The minimum atomic E-state index is 0.0847. The van der Waals surface area contributed by atoms with Crippen LogP contribution in [0.25, 0.3) is 0 Å². The molecule has 2 aromatic heterocycles. The van der Waals surface area contributed by atoms with E-state index < -0.39 is 0 Å². The molecule has 0 bridgehead atoms. The van der Waals surface area contributed by atoms with Crippen molar-refractivity contribution < 1.29 is 4.79 Å². The van der Waals surface area contributed by atoms with Crippen LogP contribution >= 0.6 is 11.3 Å². The normalized spacial score (nSPS) is 12.3. The lowest BCUT2D eigenvalue weighted by atomic mass is 10.2. The van der Waals surface area contributed by atoms with Gasteiger partial charge in [0.05, 0.1) is 27.8 Å². The number of anilines is 2. The SMILES string of the molecule is CCC(=O)c1sc(NC(C)c2cn[nH]c2)cc1N. The van der Waals surface area contributed by atoms with Crippen molar-refractivity contribution in [3.63, 3.8) is 0 Å². The van der Waals surface area contributed by atoms with Crippen molar-refractivity contribution in [1.29, 1.82) is 0 Å². The molecule has 1 unspecified atom stereocenters. The molecule has 0 amide bonds. The van der Waals surface area contributed by atoms with E-state index in [1.165, 1.54) is 11.3 Å². The van der Waals surface area contributed by atoms with Gasteiger partial charge in [0.2, 0.25) is 0 Å². The van der Waals surface area contributed by atoms with Crippen LogP contribution in [-0.4, -0.2) is 16.0 Å². The second kappa shape index (κ2) is 5.22. The summed E-state index contributed by atoms with van der Waals surface area (Å²) in [5.41, 5.74) is 7.45. The number of rotatable bonds is 5. The third kappa shape index (κ3) is 2.53. The molecular formula is C12H16N4OS. The highest BCUT2D eigenvalue weighted by Crippen LogP contribution is 2.32. The fourth-order valence-electron chi connectivity index (χ4n) is 1.65. The summed E-state index contributed by atoms with van der Waals surface area (Å²) in [6, 6.07) is 1.93. The molecule has 18 heavy (non-hydrogen) atoms. The van der Waals surface area contributed by atoms with Crippen molar-refractivity contribution in [2.75, 3.05) is 11.1 Å². The quantitative estimate of drug-likeness (QED) is 0.725. The van der Waals surface area contributed by atoms with E-state index in [9.17, 15) is 4.79 Å². The number of nitrogens with one attached hydrogen (secondary N) is 2. The number of hydrogen-bond acceptors (Lipinski definition) is 5. The van der Waals surface area contributed by atoms with Crippen LogP contribution in [0.1, 0.15) is 41.5 Å². The van der Waals surface area contributed by atoms with Gasteiger partial charge in [0.25, 0.3) is 0 Å².